The van der Waals surface area contributed by atoms with E-state index in [4.69, 9.17) is 8.23 Å². The van der Waals surface area contributed by atoms with E-state index in [-0.39, 0.29) is 11.8 Å². The molecule has 0 saturated carbocycles. The highest BCUT2D eigenvalue weighted by Crippen LogP contribution is 2.25. The number of amides is 2. The van der Waals surface area contributed by atoms with E-state index in [1.165, 1.54) is 0 Å². The summed E-state index contributed by atoms with van der Waals surface area (Å²) in [5.74, 6) is -0.0685. The Hall–Kier alpha value is -0.749. The molecule has 0 saturated heterocycles. The predicted octanol–water partition coefficient (Wildman–Crippen LogP) is 3.74. The summed E-state index contributed by atoms with van der Waals surface area (Å²) in [4.78, 5) is 22.5. The smallest absolute Gasteiger partial charge is 0.311 e. The fourth-order valence-corrected chi connectivity index (χ4v) is 17.2. The van der Waals surface area contributed by atoms with Crippen LogP contribution < -0.4 is 10.6 Å². The second kappa shape index (κ2) is 11.3. The van der Waals surface area contributed by atoms with E-state index >= 15 is 0 Å². The summed E-state index contributed by atoms with van der Waals surface area (Å²) in [5, 5.41) is 5.72. The van der Waals surface area contributed by atoms with E-state index in [0.29, 0.717) is 18.7 Å². The zero-order valence-electron chi connectivity index (χ0n) is 18.6. The molecule has 2 amide bonds. The summed E-state index contributed by atoms with van der Waals surface area (Å²) in [7, 11) is -5.92. The SMILES string of the molecule is C=C(C)C(=O)NCCC[Si](C)(C)O[Si](C)(C)O[Si](C)(C)CCCNC(C)=O. The van der Waals surface area contributed by atoms with Gasteiger partial charge in [-0.25, -0.2) is 0 Å². The normalized spacial score (nSPS) is 12.6. The predicted molar refractivity (Wildman–Crippen MR) is 120 cm³/mol. The first kappa shape index (κ1) is 26.3. The average molecular weight is 433 g/mol. The Kier molecular flexibility index (Phi) is 11.0. The topological polar surface area (TPSA) is 76.7 Å². The molecule has 0 bridgehead atoms. The fraction of sp³-hybridized carbons (Fsp3) is 0.778. The zero-order chi connectivity index (χ0) is 21.3. The van der Waals surface area contributed by atoms with Crippen molar-refractivity contribution in [2.24, 2.45) is 0 Å². The Labute approximate surface area is 169 Å². The summed E-state index contributed by atoms with van der Waals surface area (Å²) in [6.07, 6.45) is 1.84. The molecule has 0 heterocycles. The van der Waals surface area contributed by atoms with E-state index in [1.807, 2.05) is 0 Å². The van der Waals surface area contributed by atoms with Crippen molar-refractivity contribution in [2.45, 2.75) is 78.1 Å². The number of nitrogens with one attached hydrogen (secondary N) is 2. The molecule has 27 heavy (non-hydrogen) atoms. The maximum absolute atomic E-state index is 11.5. The molecule has 2 N–H and O–H groups in total. The Balaban J connectivity index is 4.40. The van der Waals surface area contributed by atoms with E-state index in [1.54, 1.807) is 13.8 Å². The van der Waals surface area contributed by atoms with Gasteiger partial charge in [0.2, 0.25) is 11.8 Å². The van der Waals surface area contributed by atoms with Crippen LogP contribution in [0.1, 0.15) is 26.7 Å². The first-order valence-corrected chi connectivity index (χ1v) is 18.8. The Morgan fingerprint density at radius 2 is 1.22 bits per heavy atom. The molecule has 0 aromatic carbocycles. The van der Waals surface area contributed by atoms with Gasteiger partial charge in [0, 0.05) is 25.6 Å². The molecule has 0 rings (SSSR count). The van der Waals surface area contributed by atoms with E-state index in [0.717, 1.165) is 24.9 Å². The third kappa shape index (κ3) is 14.0. The molecule has 0 aliphatic rings. The maximum atomic E-state index is 11.5. The van der Waals surface area contributed by atoms with Gasteiger partial charge in [-0.05, 0) is 71.1 Å². The molecule has 0 fully saturated rings. The summed E-state index contributed by atoms with van der Waals surface area (Å²) in [6, 6.07) is 1.98. The van der Waals surface area contributed by atoms with E-state index in [9.17, 15) is 9.59 Å². The molecule has 0 radical (unpaired) electrons. The lowest BCUT2D eigenvalue weighted by molar-refractivity contribution is -0.119. The largest absolute Gasteiger partial charge is 0.437 e. The van der Waals surface area contributed by atoms with Crippen LogP contribution in [0.25, 0.3) is 0 Å². The van der Waals surface area contributed by atoms with Crippen molar-refractivity contribution in [3.8, 4) is 0 Å². The van der Waals surface area contributed by atoms with Crippen LogP contribution in [0.15, 0.2) is 12.2 Å². The van der Waals surface area contributed by atoms with Crippen LogP contribution in [0.2, 0.25) is 51.4 Å². The minimum atomic E-state index is -2.22. The average Bonchev–Trinajstić information content (AvgIpc) is 2.45. The third-order valence-corrected chi connectivity index (χ3v) is 15.5. The highest BCUT2D eigenvalue weighted by atomic mass is 28.5. The zero-order valence-corrected chi connectivity index (χ0v) is 21.6. The molecule has 0 aromatic rings. The van der Waals surface area contributed by atoms with Crippen LogP contribution in [0, 0.1) is 0 Å². The van der Waals surface area contributed by atoms with Crippen molar-refractivity contribution in [3.63, 3.8) is 0 Å². The van der Waals surface area contributed by atoms with Crippen LogP contribution in [0.4, 0.5) is 0 Å². The van der Waals surface area contributed by atoms with Crippen molar-refractivity contribution in [1.82, 2.24) is 10.6 Å². The van der Waals surface area contributed by atoms with Gasteiger partial charge in [-0.3, -0.25) is 9.59 Å². The van der Waals surface area contributed by atoms with Crippen molar-refractivity contribution in [3.05, 3.63) is 12.2 Å². The van der Waals surface area contributed by atoms with Crippen molar-refractivity contribution < 1.29 is 17.8 Å². The highest BCUT2D eigenvalue weighted by molar-refractivity contribution is 6.87. The summed E-state index contributed by atoms with van der Waals surface area (Å²) in [5.41, 5.74) is 0.537. The summed E-state index contributed by atoms with van der Waals surface area (Å²) < 4.78 is 13.1. The van der Waals surface area contributed by atoms with Gasteiger partial charge in [-0.15, -0.1) is 0 Å². The molecular weight excluding hydrogens is 392 g/mol. The molecular formula is C18H40N2O4Si3. The van der Waals surface area contributed by atoms with Crippen LogP contribution in [0.5, 0.6) is 0 Å². The van der Waals surface area contributed by atoms with Gasteiger partial charge in [-0.1, -0.05) is 6.58 Å². The van der Waals surface area contributed by atoms with Gasteiger partial charge in [0.1, 0.15) is 0 Å². The van der Waals surface area contributed by atoms with Crippen LogP contribution in [-0.2, 0) is 17.8 Å². The molecule has 0 aliphatic heterocycles. The van der Waals surface area contributed by atoms with Gasteiger partial charge < -0.3 is 18.9 Å². The van der Waals surface area contributed by atoms with Gasteiger partial charge in [0.15, 0.2) is 16.6 Å². The molecule has 0 spiro atoms. The summed E-state index contributed by atoms with van der Waals surface area (Å²) in [6.45, 7) is 21.4. The quantitative estimate of drug-likeness (QED) is 0.264. The van der Waals surface area contributed by atoms with Crippen LogP contribution in [0.3, 0.4) is 0 Å². The standard InChI is InChI=1S/C18H40N2O4Si3/c1-16(2)18(22)20-13-11-15-26(6,7)24-27(8,9)23-25(4,5)14-10-12-19-17(3)21/h1,10-15H2,2-9H3,(H,19,21)(H,20,22). The Morgan fingerprint density at radius 1 is 0.815 bits per heavy atom. The van der Waals surface area contributed by atoms with Gasteiger partial charge in [0.25, 0.3) is 0 Å². The van der Waals surface area contributed by atoms with Crippen LogP contribution in [-0.4, -0.2) is 50.1 Å². The molecule has 158 valence electrons. The van der Waals surface area contributed by atoms with Crippen LogP contribution >= 0.6 is 0 Å². The number of rotatable bonds is 13. The maximum Gasteiger partial charge on any atom is 0.311 e. The fourth-order valence-electron chi connectivity index (χ4n) is 3.10. The minimum absolute atomic E-state index is 0.0145. The molecule has 0 unspecified atom stereocenters. The minimum Gasteiger partial charge on any atom is -0.437 e. The second-order valence-corrected chi connectivity index (χ2v) is 21.3. The summed E-state index contributed by atoms with van der Waals surface area (Å²) >= 11 is 0. The lowest BCUT2D eigenvalue weighted by Gasteiger charge is -2.38. The molecule has 6 nitrogen and oxygen atoms in total. The third-order valence-electron chi connectivity index (χ3n) is 4.00. The Morgan fingerprint density at radius 3 is 1.59 bits per heavy atom. The second-order valence-electron chi connectivity index (χ2n) is 8.85. The van der Waals surface area contributed by atoms with E-state index < -0.39 is 25.2 Å². The lowest BCUT2D eigenvalue weighted by Crippen LogP contribution is -2.52. The number of hydrogen-bond acceptors (Lipinski definition) is 4. The first-order valence-electron chi connectivity index (χ1n) is 9.74. The highest BCUT2D eigenvalue weighted by Gasteiger charge is 2.39. The first-order chi connectivity index (χ1) is 12.2. The van der Waals surface area contributed by atoms with Crippen molar-refractivity contribution in [1.29, 1.82) is 0 Å². The number of carbonyl (C=O) groups excluding carboxylic acids is 2. The molecule has 9 heteroatoms. The van der Waals surface area contributed by atoms with Gasteiger partial charge in [0.05, 0.1) is 0 Å². The number of carbonyl (C=O) groups is 2. The number of hydrogen-bond donors (Lipinski definition) is 2. The lowest BCUT2D eigenvalue weighted by atomic mass is 10.3. The van der Waals surface area contributed by atoms with Crippen molar-refractivity contribution >= 4 is 37.0 Å². The molecule has 0 aromatic heterocycles. The Bertz CT molecular complexity index is 523. The monoisotopic (exact) mass is 432 g/mol. The molecule has 0 aliphatic carbocycles. The van der Waals surface area contributed by atoms with Gasteiger partial charge in [-0.2, -0.15) is 0 Å². The van der Waals surface area contributed by atoms with E-state index in [2.05, 4.69) is 56.5 Å². The van der Waals surface area contributed by atoms with Gasteiger partial charge >= 0.3 is 8.56 Å². The van der Waals surface area contributed by atoms with Crippen molar-refractivity contribution in [2.75, 3.05) is 13.1 Å². The molecule has 0 atom stereocenters.